The third kappa shape index (κ3) is 6.62. The largest absolute Gasteiger partial charge is 0.376 e. The number of rotatable bonds is 10. The predicted molar refractivity (Wildman–Crippen MR) is 91.5 cm³/mol. The monoisotopic (exact) mass is 291 g/mol. The first-order valence-corrected chi connectivity index (χ1v) is 8.46. The van der Waals surface area contributed by atoms with Crippen LogP contribution in [0.1, 0.15) is 59.1 Å². The van der Waals surface area contributed by atoms with Gasteiger partial charge in [-0.1, -0.05) is 65.0 Å². The van der Waals surface area contributed by atoms with E-state index in [1.165, 1.54) is 12.0 Å². The average molecular weight is 291 g/mol. The summed E-state index contributed by atoms with van der Waals surface area (Å²) in [5.74, 6) is 1.25. The van der Waals surface area contributed by atoms with Crippen LogP contribution < -0.4 is 5.32 Å². The average Bonchev–Trinajstić information content (AvgIpc) is 2.46. The maximum atomic E-state index is 6.26. The van der Waals surface area contributed by atoms with E-state index in [9.17, 15) is 0 Å². The number of benzene rings is 1. The van der Waals surface area contributed by atoms with E-state index in [2.05, 4.69) is 70.3 Å². The third-order valence-corrected chi connectivity index (χ3v) is 3.80. The third-order valence-electron chi connectivity index (χ3n) is 3.80. The first-order valence-electron chi connectivity index (χ1n) is 8.46. The zero-order chi connectivity index (χ0) is 15.7. The lowest BCUT2D eigenvalue weighted by molar-refractivity contribution is -0.00638. The van der Waals surface area contributed by atoms with Gasteiger partial charge in [-0.05, 0) is 36.8 Å². The van der Waals surface area contributed by atoms with Gasteiger partial charge in [-0.2, -0.15) is 0 Å². The van der Waals surface area contributed by atoms with E-state index < -0.39 is 0 Å². The number of hydrogen-bond acceptors (Lipinski definition) is 2. The number of hydrogen-bond donors (Lipinski definition) is 1. The van der Waals surface area contributed by atoms with Gasteiger partial charge in [-0.3, -0.25) is 0 Å². The molecule has 1 N–H and O–H groups in total. The number of nitrogens with one attached hydrogen (secondary N) is 1. The van der Waals surface area contributed by atoms with Crippen LogP contribution in [-0.2, 0) is 4.74 Å². The van der Waals surface area contributed by atoms with Crippen molar-refractivity contribution in [2.45, 2.75) is 59.6 Å². The van der Waals surface area contributed by atoms with Crippen LogP contribution in [0.2, 0.25) is 0 Å². The molecule has 1 aromatic rings. The summed E-state index contributed by atoms with van der Waals surface area (Å²) in [5.41, 5.74) is 1.32. The van der Waals surface area contributed by atoms with Gasteiger partial charge in [0.2, 0.25) is 0 Å². The Morgan fingerprint density at radius 1 is 1.05 bits per heavy atom. The number of likely N-dealkylation sites (N-methyl/N-ethyl adjacent to an activating group) is 1. The molecule has 0 amide bonds. The van der Waals surface area contributed by atoms with Gasteiger partial charge in [0, 0.05) is 6.61 Å². The Labute approximate surface area is 131 Å². The van der Waals surface area contributed by atoms with Crippen LogP contribution in [0.5, 0.6) is 0 Å². The van der Waals surface area contributed by atoms with Gasteiger partial charge in [0.15, 0.2) is 0 Å². The van der Waals surface area contributed by atoms with Gasteiger partial charge in [-0.15, -0.1) is 0 Å². The lowest BCUT2D eigenvalue weighted by Crippen LogP contribution is -2.37. The minimum absolute atomic E-state index is 0.222. The molecule has 2 heteroatoms. The van der Waals surface area contributed by atoms with Crippen molar-refractivity contribution in [2.24, 2.45) is 11.8 Å². The van der Waals surface area contributed by atoms with Crippen LogP contribution in [0.25, 0.3) is 0 Å². The first-order chi connectivity index (χ1) is 10.1. The van der Waals surface area contributed by atoms with E-state index in [0.29, 0.717) is 5.92 Å². The lowest BCUT2D eigenvalue weighted by Gasteiger charge is -2.31. The molecule has 2 nitrogen and oxygen atoms in total. The van der Waals surface area contributed by atoms with E-state index >= 15 is 0 Å². The quantitative estimate of drug-likeness (QED) is 0.624. The molecule has 2 unspecified atom stereocenters. The molecule has 0 radical (unpaired) electrons. The maximum absolute atomic E-state index is 6.26. The molecule has 2 atom stereocenters. The summed E-state index contributed by atoms with van der Waals surface area (Å²) < 4.78 is 6.26. The van der Waals surface area contributed by atoms with Crippen LogP contribution in [-0.4, -0.2) is 19.3 Å². The summed E-state index contributed by atoms with van der Waals surface area (Å²) in [6.45, 7) is 13.0. The summed E-state index contributed by atoms with van der Waals surface area (Å²) in [4.78, 5) is 0. The highest BCUT2D eigenvalue weighted by Gasteiger charge is 2.25. The van der Waals surface area contributed by atoms with Gasteiger partial charge in [0.05, 0.1) is 12.1 Å². The molecule has 21 heavy (non-hydrogen) atoms. The molecule has 0 saturated heterocycles. The van der Waals surface area contributed by atoms with E-state index in [4.69, 9.17) is 4.74 Å². The minimum atomic E-state index is 0.222. The van der Waals surface area contributed by atoms with Gasteiger partial charge < -0.3 is 10.1 Å². The van der Waals surface area contributed by atoms with Crippen molar-refractivity contribution in [2.75, 3.05) is 13.2 Å². The Bertz CT molecular complexity index is 361. The Morgan fingerprint density at radius 3 is 2.24 bits per heavy atom. The van der Waals surface area contributed by atoms with E-state index in [0.717, 1.165) is 25.5 Å². The molecule has 1 aromatic carbocycles. The van der Waals surface area contributed by atoms with Crippen LogP contribution in [0, 0.1) is 11.8 Å². The number of ether oxygens (including phenoxy) is 1. The van der Waals surface area contributed by atoms with Gasteiger partial charge in [0.25, 0.3) is 0 Å². The predicted octanol–water partition coefficient (Wildman–Crippen LogP) is 4.81. The van der Waals surface area contributed by atoms with Gasteiger partial charge in [0.1, 0.15) is 0 Å². The fraction of sp³-hybridized carbons (Fsp3) is 0.684. The highest BCUT2D eigenvalue weighted by Crippen LogP contribution is 2.25. The van der Waals surface area contributed by atoms with Crippen LogP contribution in [0.4, 0.5) is 0 Å². The molecule has 1 rings (SSSR count). The van der Waals surface area contributed by atoms with Crippen LogP contribution in [0.3, 0.4) is 0 Å². The van der Waals surface area contributed by atoms with Crippen LogP contribution in [0.15, 0.2) is 30.3 Å². The summed E-state index contributed by atoms with van der Waals surface area (Å²) in [5, 5.41) is 3.61. The van der Waals surface area contributed by atoms with Crippen molar-refractivity contribution in [3.8, 4) is 0 Å². The first kappa shape index (κ1) is 18.2. The highest BCUT2D eigenvalue weighted by molar-refractivity contribution is 5.20. The Hall–Kier alpha value is -0.860. The standard InChI is InChI=1S/C19H33NO/c1-6-20-18(17-12-8-7-9-13-17)19(16(4)5)21-14-10-11-15(2)3/h7-9,12-13,15-16,18-20H,6,10-11,14H2,1-5H3. The molecule has 0 spiro atoms. The van der Waals surface area contributed by atoms with Crippen molar-refractivity contribution >= 4 is 0 Å². The molecular weight excluding hydrogens is 258 g/mol. The summed E-state index contributed by atoms with van der Waals surface area (Å²) in [6.07, 6.45) is 2.61. The van der Waals surface area contributed by atoms with Crippen molar-refractivity contribution < 1.29 is 4.74 Å². The molecule has 0 aliphatic rings. The molecule has 0 aliphatic carbocycles. The topological polar surface area (TPSA) is 21.3 Å². The van der Waals surface area contributed by atoms with E-state index in [1.807, 2.05) is 0 Å². The molecule has 0 fully saturated rings. The SMILES string of the molecule is CCNC(c1ccccc1)C(OCCCC(C)C)C(C)C. The normalized spacial score (nSPS) is 14.6. The van der Waals surface area contributed by atoms with Crippen LogP contribution >= 0.6 is 0 Å². The molecule has 0 saturated carbocycles. The van der Waals surface area contributed by atoms with E-state index in [1.54, 1.807) is 0 Å². The van der Waals surface area contributed by atoms with Crippen molar-refractivity contribution in [3.05, 3.63) is 35.9 Å². The second-order valence-electron chi connectivity index (χ2n) is 6.56. The van der Waals surface area contributed by atoms with Gasteiger partial charge >= 0.3 is 0 Å². The minimum Gasteiger partial charge on any atom is -0.376 e. The molecule has 0 aliphatic heterocycles. The molecule has 0 aromatic heterocycles. The zero-order valence-electron chi connectivity index (χ0n) is 14.4. The molecular formula is C19H33NO. The highest BCUT2D eigenvalue weighted by atomic mass is 16.5. The van der Waals surface area contributed by atoms with Gasteiger partial charge in [-0.25, -0.2) is 0 Å². The smallest absolute Gasteiger partial charge is 0.0792 e. The summed E-state index contributed by atoms with van der Waals surface area (Å²) >= 11 is 0. The van der Waals surface area contributed by atoms with Crippen molar-refractivity contribution in [3.63, 3.8) is 0 Å². The Balaban J connectivity index is 2.69. The van der Waals surface area contributed by atoms with Crippen molar-refractivity contribution in [1.29, 1.82) is 0 Å². The molecule has 0 bridgehead atoms. The summed E-state index contributed by atoms with van der Waals surface area (Å²) in [7, 11) is 0. The fourth-order valence-corrected chi connectivity index (χ4v) is 2.69. The summed E-state index contributed by atoms with van der Waals surface area (Å²) in [6, 6.07) is 10.9. The fourth-order valence-electron chi connectivity index (χ4n) is 2.69. The molecule has 120 valence electrons. The second-order valence-corrected chi connectivity index (χ2v) is 6.56. The lowest BCUT2D eigenvalue weighted by atomic mass is 9.93. The second kappa shape index (κ2) is 9.97. The Kier molecular flexibility index (Phi) is 8.63. The maximum Gasteiger partial charge on any atom is 0.0792 e. The zero-order valence-corrected chi connectivity index (χ0v) is 14.4. The molecule has 0 heterocycles. The van der Waals surface area contributed by atoms with Crippen molar-refractivity contribution in [1.82, 2.24) is 5.32 Å². The van der Waals surface area contributed by atoms with E-state index in [-0.39, 0.29) is 12.1 Å². The Morgan fingerprint density at radius 2 is 1.71 bits per heavy atom.